The number of hydrogen-bond acceptors (Lipinski definition) is 2. The van der Waals surface area contributed by atoms with Crippen LogP contribution in [-0.2, 0) is 16.0 Å². The zero-order valence-corrected chi connectivity index (χ0v) is 10.2. The van der Waals surface area contributed by atoms with E-state index in [9.17, 15) is 9.59 Å². The van der Waals surface area contributed by atoms with Gasteiger partial charge in [-0.1, -0.05) is 29.8 Å². The van der Waals surface area contributed by atoms with Crippen molar-refractivity contribution in [1.82, 2.24) is 0 Å². The first-order chi connectivity index (χ1) is 8.15. The van der Waals surface area contributed by atoms with Crippen molar-refractivity contribution in [2.75, 3.05) is 0 Å². The van der Waals surface area contributed by atoms with Gasteiger partial charge in [0.2, 0.25) is 0 Å². The van der Waals surface area contributed by atoms with E-state index in [-0.39, 0.29) is 23.9 Å². The molecule has 1 saturated carbocycles. The van der Waals surface area contributed by atoms with Gasteiger partial charge in [0.25, 0.3) is 0 Å². The highest BCUT2D eigenvalue weighted by molar-refractivity contribution is 6.02. The van der Waals surface area contributed by atoms with Gasteiger partial charge in [0.15, 0.2) is 0 Å². The summed E-state index contributed by atoms with van der Waals surface area (Å²) in [6, 6.07) is 8.44. The molecule has 1 unspecified atom stereocenters. The molecule has 1 aromatic carbocycles. The summed E-state index contributed by atoms with van der Waals surface area (Å²) in [6.07, 6.45) is 3.33. The van der Waals surface area contributed by atoms with Crippen LogP contribution in [0.3, 0.4) is 0 Å². The summed E-state index contributed by atoms with van der Waals surface area (Å²) >= 11 is 0. The smallest absolute Gasteiger partial charge is 0.143 e. The fraction of sp³-hybridized carbons (Fsp3) is 0.467. The minimum Gasteiger partial charge on any atom is -0.299 e. The minimum absolute atomic E-state index is 0.106. The fourth-order valence-corrected chi connectivity index (χ4v) is 2.32. The lowest BCUT2D eigenvalue weighted by Crippen LogP contribution is -2.25. The Morgan fingerprint density at radius 3 is 2.53 bits per heavy atom. The van der Waals surface area contributed by atoms with Crippen molar-refractivity contribution in [2.24, 2.45) is 5.92 Å². The maximum absolute atomic E-state index is 11.7. The van der Waals surface area contributed by atoms with Crippen LogP contribution in [0.4, 0.5) is 0 Å². The molecule has 0 spiro atoms. The fourth-order valence-electron chi connectivity index (χ4n) is 2.32. The largest absolute Gasteiger partial charge is 0.299 e. The maximum atomic E-state index is 11.7. The number of carbonyl (C=O) groups excluding carboxylic acids is 2. The highest BCUT2D eigenvalue weighted by Gasteiger charge is 2.26. The van der Waals surface area contributed by atoms with Crippen molar-refractivity contribution in [1.29, 1.82) is 0 Å². The molecule has 0 radical (unpaired) electrons. The van der Waals surface area contributed by atoms with E-state index in [2.05, 4.69) is 31.2 Å². The summed E-state index contributed by atoms with van der Waals surface area (Å²) in [5.41, 5.74) is 2.54. The third-order valence-electron chi connectivity index (χ3n) is 3.50. The quantitative estimate of drug-likeness (QED) is 0.748. The van der Waals surface area contributed by atoms with Gasteiger partial charge in [0.1, 0.15) is 11.6 Å². The molecule has 0 heterocycles. The van der Waals surface area contributed by atoms with Gasteiger partial charge in [0, 0.05) is 12.3 Å². The third-order valence-corrected chi connectivity index (χ3v) is 3.50. The molecule has 0 bridgehead atoms. The first-order valence-electron chi connectivity index (χ1n) is 6.25. The first kappa shape index (κ1) is 12.0. The summed E-state index contributed by atoms with van der Waals surface area (Å²) in [6.45, 7) is 2.07. The predicted octanol–water partition coefficient (Wildman–Crippen LogP) is 2.87. The second kappa shape index (κ2) is 5.26. The van der Waals surface area contributed by atoms with Crippen molar-refractivity contribution in [3.05, 3.63) is 35.4 Å². The van der Waals surface area contributed by atoms with Crippen molar-refractivity contribution in [2.45, 2.75) is 39.0 Å². The topological polar surface area (TPSA) is 34.1 Å². The monoisotopic (exact) mass is 230 g/mol. The van der Waals surface area contributed by atoms with Gasteiger partial charge in [-0.3, -0.25) is 9.59 Å². The molecule has 90 valence electrons. The molecule has 0 saturated heterocycles. The lowest BCUT2D eigenvalue weighted by Gasteiger charge is -2.19. The van der Waals surface area contributed by atoms with Crippen LogP contribution in [0.5, 0.6) is 0 Å². The van der Waals surface area contributed by atoms with Gasteiger partial charge in [-0.2, -0.15) is 0 Å². The maximum Gasteiger partial charge on any atom is 0.143 e. The normalized spacial score (nSPS) is 20.6. The number of ketones is 2. The highest BCUT2D eigenvalue weighted by Crippen LogP contribution is 2.23. The third kappa shape index (κ3) is 3.26. The van der Waals surface area contributed by atoms with Gasteiger partial charge < -0.3 is 0 Å². The summed E-state index contributed by atoms with van der Waals surface area (Å²) in [7, 11) is 0. The molecule has 1 aliphatic rings. The zero-order chi connectivity index (χ0) is 12.3. The molecule has 2 rings (SSSR count). The average Bonchev–Trinajstić information content (AvgIpc) is 2.30. The van der Waals surface area contributed by atoms with E-state index in [1.165, 1.54) is 11.1 Å². The molecular formula is C15H18O2. The summed E-state index contributed by atoms with van der Waals surface area (Å²) in [5, 5.41) is 0. The Balaban J connectivity index is 1.88. The predicted molar refractivity (Wildman–Crippen MR) is 66.9 cm³/mol. The lowest BCUT2D eigenvalue weighted by molar-refractivity contribution is -0.132. The van der Waals surface area contributed by atoms with Crippen molar-refractivity contribution in [3.63, 3.8) is 0 Å². The molecule has 17 heavy (non-hydrogen) atoms. The molecule has 1 aliphatic carbocycles. The molecule has 0 aliphatic heterocycles. The number of benzene rings is 1. The Hall–Kier alpha value is -1.44. The standard InChI is InChI=1S/C15H18O2/c1-11-2-4-12(5-3-11)6-7-13-8-9-14(16)10-15(13)17/h2-5,13H,6-10H2,1H3. The zero-order valence-electron chi connectivity index (χ0n) is 10.2. The minimum atomic E-state index is 0.106. The van der Waals surface area contributed by atoms with Gasteiger partial charge >= 0.3 is 0 Å². The van der Waals surface area contributed by atoms with Gasteiger partial charge in [-0.15, -0.1) is 0 Å². The Morgan fingerprint density at radius 1 is 1.18 bits per heavy atom. The Kier molecular flexibility index (Phi) is 3.72. The van der Waals surface area contributed by atoms with Gasteiger partial charge in [0.05, 0.1) is 6.42 Å². The molecule has 0 N–H and O–H groups in total. The van der Waals surface area contributed by atoms with Crippen molar-refractivity contribution >= 4 is 11.6 Å². The van der Waals surface area contributed by atoms with E-state index >= 15 is 0 Å². The average molecular weight is 230 g/mol. The van der Waals surface area contributed by atoms with Crippen LogP contribution in [0.2, 0.25) is 0 Å². The Morgan fingerprint density at radius 2 is 1.88 bits per heavy atom. The van der Waals surface area contributed by atoms with Crippen LogP contribution in [0.15, 0.2) is 24.3 Å². The van der Waals surface area contributed by atoms with E-state index in [0.29, 0.717) is 6.42 Å². The Bertz CT molecular complexity index is 417. The van der Waals surface area contributed by atoms with Crippen LogP contribution in [0.25, 0.3) is 0 Å². The second-order valence-corrected chi connectivity index (χ2v) is 4.94. The number of Topliss-reactive ketones (excluding diaryl/α,β-unsaturated/α-hetero) is 2. The number of rotatable bonds is 3. The van der Waals surface area contributed by atoms with Crippen LogP contribution >= 0.6 is 0 Å². The summed E-state index contributed by atoms with van der Waals surface area (Å²) in [4.78, 5) is 22.8. The molecule has 1 aromatic rings. The lowest BCUT2D eigenvalue weighted by atomic mass is 9.83. The molecule has 0 amide bonds. The molecule has 1 atom stereocenters. The van der Waals surface area contributed by atoms with Crippen LogP contribution < -0.4 is 0 Å². The van der Waals surface area contributed by atoms with Gasteiger partial charge in [-0.05, 0) is 31.7 Å². The van der Waals surface area contributed by atoms with Gasteiger partial charge in [-0.25, -0.2) is 0 Å². The van der Waals surface area contributed by atoms with Crippen molar-refractivity contribution < 1.29 is 9.59 Å². The van der Waals surface area contributed by atoms with E-state index in [1.54, 1.807) is 0 Å². The molecule has 2 nitrogen and oxygen atoms in total. The second-order valence-electron chi connectivity index (χ2n) is 4.94. The Labute approximate surface area is 102 Å². The SMILES string of the molecule is Cc1ccc(CCC2CCC(=O)CC2=O)cc1. The van der Waals surface area contributed by atoms with E-state index in [0.717, 1.165) is 19.3 Å². The molecular weight excluding hydrogens is 212 g/mol. The summed E-state index contributed by atoms with van der Waals surface area (Å²) in [5.74, 6) is 0.365. The van der Waals surface area contributed by atoms with Crippen LogP contribution in [0.1, 0.15) is 36.8 Å². The molecule has 1 fully saturated rings. The van der Waals surface area contributed by atoms with Crippen LogP contribution in [-0.4, -0.2) is 11.6 Å². The molecule has 2 heteroatoms. The first-order valence-corrected chi connectivity index (χ1v) is 6.25. The number of aryl methyl sites for hydroxylation is 2. The molecule has 0 aromatic heterocycles. The van der Waals surface area contributed by atoms with E-state index < -0.39 is 0 Å². The number of carbonyl (C=O) groups is 2. The van der Waals surface area contributed by atoms with Crippen molar-refractivity contribution in [3.8, 4) is 0 Å². The van der Waals surface area contributed by atoms with E-state index in [1.807, 2.05) is 0 Å². The van der Waals surface area contributed by atoms with E-state index in [4.69, 9.17) is 0 Å². The van der Waals surface area contributed by atoms with Crippen LogP contribution in [0, 0.1) is 12.8 Å². The highest BCUT2D eigenvalue weighted by atomic mass is 16.1. The number of hydrogen-bond donors (Lipinski definition) is 0. The summed E-state index contributed by atoms with van der Waals surface area (Å²) < 4.78 is 0.